The van der Waals surface area contributed by atoms with Gasteiger partial charge in [0.15, 0.2) is 0 Å². The predicted molar refractivity (Wildman–Crippen MR) is 92.8 cm³/mol. The molecule has 2 aromatic carbocycles. The standard InChI is InChI=1S/C17H14F2N2O2S2/c18-13-5-3-4-12(10-13)17-21-14(11-24-17)8-9-20-25(22,23)16-7-2-1-6-15(16)19/h1-7,10-11,20H,8-9H2. The highest BCUT2D eigenvalue weighted by Gasteiger charge is 2.18. The van der Waals surface area contributed by atoms with Gasteiger partial charge in [0.25, 0.3) is 0 Å². The smallest absolute Gasteiger partial charge is 0.241 e. The number of thiazole rings is 1. The second kappa shape index (κ2) is 7.38. The van der Waals surface area contributed by atoms with Crippen LogP contribution in [0.2, 0.25) is 0 Å². The van der Waals surface area contributed by atoms with Crippen molar-refractivity contribution in [3.63, 3.8) is 0 Å². The molecule has 8 heteroatoms. The number of aromatic nitrogens is 1. The van der Waals surface area contributed by atoms with Gasteiger partial charge in [0.05, 0.1) is 5.69 Å². The molecule has 25 heavy (non-hydrogen) atoms. The van der Waals surface area contributed by atoms with Gasteiger partial charge >= 0.3 is 0 Å². The molecule has 0 unspecified atom stereocenters. The lowest BCUT2D eigenvalue weighted by atomic mass is 10.2. The van der Waals surface area contributed by atoms with E-state index in [2.05, 4.69) is 9.71 Å². The summed E-state index contributed by atoms with van der Waals surface area (Å²) >= 11 is 1.35. The molecule has 0 atom stereocenters. The Morgan fingerprint density at radius 1 is 1.08 bits per heavy atom. The maximum atomic E-state index is 13.6. The molecule has 130 valence electrons. The van der Waals surface area contributed by atoms with Crippen molar-refractivity contribution in [2.75, 3.05) is 6.54 Å². The van der Waals surface area contributed by atoms with E-state index >= 15 is 0 Å². The monoisotopic (exact) mass is 380 g/mol. The van der Waals surface area contributed by atoms with Gasteiger partial charge in [-0.3, -0.25) is 0 Å². The van der Waals surface area contributed by atoms with Gasteiger partial charge in [-0.05, 0) is 24.3 Å². The van der Waals surface area contributed by atoms with Crippen molar-refractivity contribution >= 4 is 21.4 Å². The van der Waals surface area contributed by atoms with E-state index in [1.807, 2.05) is 0 Å². The van der Waals surface area contributed by atoms with Crippen molar-refractivity contribution in [2.45, 2.75) is 11.3 Å². The molecule has 0 radical (unpaired) electrons. The summed E-state index contributed by atoms with van der Waals surface area (Å²) in [5.41, 5.74) is 1.35. The van der Waals surface area contributed by atoms with Crippen LogP contribution in [0.3, 0.4) is 0 Å². The zero-order valence-electron chi connectivity index (χ0n) is 12.9. The second-order valence-corrected chi connectivity index (χ2v) is 7.83. The van der Waals surface area contributed by atoms with E-state index in [4.69, 9.17) is 0 Å². The number of sulfonamides is 1. The summed E-state index contributed by atoms with van der Waals surface area (Å²) in [7, 11) is -3.91. The van der Waals surface area contributed by atoms with E-state index in [0.717, 1.165) is 6.07 Å². The molecule has 0 aliphatic heterocycles. The molecule has 0 saturated heterocycles. The van der Waals surface area contributed by atoms with E-state index in [1.54, 1.807) is 17.5 Å². The Labute approximate surface area is 148 Å². The molecule has 0 saturated carbocycles. The highest BCUT2D eigenvalue weighted by molar-refractivity contribution is 7.89. The van der Waals surface area contributed by atoms with Crippen LogP contribution in [-0.4, -0.2) is 19.9 Å². The molecule has 0 bridgehead atoms. The highest BCUT2D eigenvalue weighted by Crippen LogP contribution is 2.24. The molecule has 0 amide bonds. The van der Waals surface area contributed by atoms with Gasteiger partial charge in [0, 0.05) is 23.9 Å². The average Bonchev–Trinajstić information content (AvgIpc) is 3.04. The summed E-state index contributed by atoms with van der Waals surface area (Å²) in [6.45, 7) is 0.0863. The zero-order chi connectivity index (χ0) is 17.9. The Morgan fingerprint density at radius 3 is 2.64 bits per heavy atom. The molecule has 1 heterocycles. The highest BCUT2D eigenvalue weighted by atomic mass is 32.2. The lowest BCUT2D eigenvalue weighted by molar-refractivity contribution is 0.557. The van der Waals surface area contributed by atoms with Gasteiger partial charge in [-0.25, -0.2) is 26.9 Å². The SMILES string of the molecule is O=S(=O)(NCCc1csc(-c2cccc(F)c2)n1)c1ccccc1F. The summed E-state index contributed by atoms with van der Waals surface area (Å²) in [6, 6.07) is 11.3. The third-order valence-corrected chi connectivity index (χ3v) is 5.86. The molecule has 0 spiro atoms. The first-order chi connectivity index (χ1) is 12.0. The van der Waals surface area contributed by atoms with E-state index in [9.17, 15) is 17.2 Å². The summed E-state index contributed by atoms with van der Waals surface area (Å²) in [6.07, 6.45) is 0.347. The summed E-state index contributed by atoms with van der Waals surface area (Å²) < 4.78 is 53.4. The van der Waals surface area contributed by atoms with Gasteiger partial charge in [0.1, 0.15) is 21.5 Å². The third-order valence-electron chi connectivity index (χ3n) is 3.42. The van der Waals surface area contributed by atoms with Crippen LogP contribution in [-0.2, 0) is 16.4 Å². The predicted octanol–water partition coefficient (Wildman–Crippen LogP) is 3.61. The number of benzene rings is 2. The fourth-order valence-corrected chi connectivity index (χ4v) is 4.19. The number of nitrogens with one attached hydrogen (secondary N) is 1. The molecular formula is C17H14F2N2O2S2. The summed E-state index contributed by atoms with van der Waals surface area (Å²) in [5.74, 6) is -1.14. The third kappa shape index (κ3) is 4.28. The second-order valence-electron chi connectivity index (χ2n) is 5.23. The van der Waals surface area contributed by atoms with Gasteiger partial charge < -0.3 is 0 Å². The summed E-state index contributed by atoms with van der Waals surface area (Å²) in [4.78, 5) is 3.99. The maximum absolute atomic E-state index is 13.6. The quantitative estimate of drug-likeness (QED) is 0.711. The fourth-order valence-electron chi connectivity index (χ4n) is 2.23. The van der Waals surface area contributed by atoms with Crippen molar-refractivity contribution in [3.8, 4) is 10.6 Å². The van der Waals surface area contributed by atoms with E-state index in [-0.39, 0.29) is 17.3 Å². The first-order valence-corrected chi connectivity index (χ1v) is 9.76. The minimum atomic E-state index is -3.91. The van der Waals surface area contributed by atoms with Crippen molar-refractivity contribution in [1.82, 2.24) is 9.71 Å². The zero-order valence-corrected chi connectivity index (χ0v) is 14.6. The molecule has 3 rings (SSSR count). The Kier molecular flexibility index (Phi) is 5.22. The van der Waals surface area contributed by atoms with Crippen LogP contribution in [0.25, 0.3) is 10.6 Å². The van der Waals surface area contributed by atoms with E-state index < -0.39 is 15.8 Å². The van der Waals surface area contributed by atoms with Crippen LogP contribution < -0.4 is 4.72 Å². The molecule has 1 N–H and O–H groups in total. The normalized spacial score (nSPS) is 11.6. The average molecular weight is 380 g/mol. The molecule has 0 fully saturated rings. The number of nitrogens with zero attached hydrogens (tertiary/aromatic N) is 1. The Balaban J connectivity index is 1.64. The van der Waals surface area contributed by atoms with Crippen molar-refractivity contribution in [3.05, 3.63) is 71.2 Å². The molecule has 4 nitrogen and oxygen atoms in total. The number of hydrogen-bond donors (Lipinski definition) is 1. The first kappa shape index (κ1) is 17.7. The Morgan fingerprint density at radius 2 is 1.88 bits per heavy atom. The lowest BCUT2D eigenvalue weighted by Crippen LogP contribution is -2.26. The fraction of sp³-hybridized carbons (Fsp3) is 0.118. The summed E-state index contributed by atoms with van der Waals surface area (Å²) in [5, 5.41) is 2.45. The van der Waals surface area contributed by atoms with Crippen molar-refractivity contribution in [1.29, 1.82) is 0 Å². The van der Waals surface area contributed by atoms with Crippen molar-refractivity contribution < 1.29 is 17.2 Å². The number of hydrogen-bond acceptors (Lipinski definition) is 4. The minimum Gasteiger partial charge on any atom is -0.241 e. The molecule has 0 aliphatic rings. The van der Waals surface area contributed by atoms with Gasteiger partial charge in [-0.1, -0.05) is 24.3 Å². The van der Waals surface area contributed by atoms with Crippen LogP contribution in [0.15, 0.2) is 58.8 Å². The molecular weight excluding hydrogens is 366 g/mol. The van der Waals surface area contributed by atoms with Gasteiger partial charge in [-0.2, -0.15) is 0 Å². The van der Waals surface area contributed by atoms with E-state index in [0.29, 0.717) is 22.7 Å². The largest absolute Gasteiger partial charge is 0.243 e. The number of rotatable bonds is 6. The Hall–Kier alpha value is -2.16. The van der Waals surface area contributed by atoms with Crippen LogP contribution in [0.1, 0.15) is 5.69 Å². The van der Waals surface area contributed by atoms with Crippen LogP contribution in [0, 0.1) is 11.6 Å². The minimum absolute atomic E-state index is 0.0863. The van der Waals surface area contributed by atoms with Crippen LogP contribution >= 0.6 is 11.3 Å². The maximum Gasteiger partial charge on any atom is 0.243 e. The Bertz CT molecular complexity index is 988. The molecule has 0 aliphatic carbocycles. The van der Waals surface area contributed by atoms with Crippen LogP contribution in [0.4, 0.5) is 8.78 Å². The van der Waals surface area contributed by atoms with Crippen LogP contribution in [0.5, 0.6) is 0 Å². The first-order valence-electron chi connectivity index (χ1n) is 7.40. The molecule has 1 aromatic heterocycles. The molecule has 3 aromatic rings. The van der Waals surface area contributed by atoms with Crippen molar-refractivity contribution in [2.24, 2.45) is 0 Å². The van der Waals surface area contributed by atoms with Gasteiger partial charge in [0.2, 0.25) is 10.0 Å². The topological polar surface area (TPSA) is 59.1 Å². The lowest BCUT2D eigenvalue weighted by Gasteiger charge is -2.06. The van der Waals surface area contributed by atoms with E-state index in [1.165, 1.54) is 41.7 Å². The number of halogens is 2. The van der Waals surface area contributed by atoms with Gasteiger partial charge in [-0.15, -0.1) is 11.3 Å².